The van der Waals surface area contributed by atoms with Gasteiger partial charge in [-0.15, -0.1) is 0 Å². The number of nitrogens with zero attached hydrogens (tertiary/aromatic N) is 2. The molecular weight excluding hydrogens is 214 g/mol. The van der Waals surface area contributed by atoms with E-state index in [0.29, 0.717) is 12.1 Å². The van der Waals surface area contributed by atoms with Crippen molar-refractivity contribution in [1.29, 1.82) is 0 Å². The second-order valence-electron chi connectivity index (χ2n) is 4.54. The van der Waals surface area contributed by atoms with E-state index in [-0.39, 0.29) is 0 Å². The fraction of sp³-hybridized carbons (Fsp3) is 0.385. The number of aromatic nitrogens is 2. The molecular formula is C13H15N3O. The van der Waals surface area contributed by atoms with Crippen LogP contribution in [0.2, 0.25) is 0 Å². The van der Waals surface area contributed by atoms with Crippen molar-refractivity contribution in [2.24, 2.45) is 0 Å². The number of aryl methyl sites for hydroxylation is 1. The summed E-state index contributed by atoms with van der Waals surface area (Å²) >= 11 is 0. The summed E-state index contributed by atoms with van der Waals surface area (Å²) in [7, 11) is 0. The van der Waals surface area contributed by atoms with Crippen LogP contribution in [0.3, 0.4) is 0 Å². The lowest BCUT2D eigenvalue weighted by Crippen LogP contribution is -2.01. The van der Waals surface area contributed by atoms with Gasteiger partial charge in [0.05, 0.1) is 0 Å². The summed E-state index contributed by atoms with van der Waals surface area (Å²) in [4.78, 5) is 4.34. The third-order valence-electron chi connectivity index (χ3n) is 2.98. The summed E-state index contributed by atoms with van der Waals surface area (Å²) in [6.45, 7) is 2.10. The second kappa shape index (κ2) is 4.20. The van der Waals surface area contributed by atoms with E-state index < -0.39 is 0 Å². The number of nitrogens with one attached hydrogen (secondary N) is 1. The van der Waals surface area contributed by atoms with Crippen molar-refractivity contribution in [2.45, 2.75) is 32.2 Å². The Kier molecular flexibility index (Phi) is 2.55. The third-order valence-corrected chi connectivity index (χ3v) is 2.98. The molecule has 1 aromatic heterocycles. The number of rotatable bonds is 4. The van der Waals surface area contributed by atoms with E-state index in [4.69, 9.17) is 4.52 Å². The highest BCUT2D eigenvalue weighted by Gasteiger charge is 2.23. The van der Waals surface area contributed by atoms with Crippen LogP contribution < -0.4 is 5.32 Å². The Balaban J connectivity index is 1.72. The molecule has 1 aliphatic rings. The lowest BCUT2D eigenvalue weighted by molar-refractivity contribution is 0.423. The molecule has 1 aromatic carbocycles. The van der Waals surface area contributed by atoms with Crippen molar-refractivity contribution in [2.75, 3.05) is 5.32 Å². The number of hydrogen-bond donors (Lipinski definition) is 1. The van der Waals surface area contributed by atoms with Crippen LogP contribution in [0.4, 0.5) is 6.01 Å². The van der Waals surface area contributed by atoms with E-state index in [1.807, 2.05) is 12.1 Å². The monoisotopic (exact) mass is 229 g/mol. The maximum Gasteiger partial charge on any atom is 0.321 e. The van der Waals surface area contributed by atoms with Crippen LogP contribution >= 0.6 is 0 Å². The van der Waals surface area contributed by atoms with Crippen molar-refractivity contribution in [1.82, 2.24) is 10.1 Å². The molecule has 1 saturated carbocycles. The van der Waals surface area contributed by atoms with Gasteiger partial charge in [-0.25, -0.2) is 0 Å². The highest BCUT2D eigenvalue weighted by Crippen LogP contribution is 2.23. The maximum absolute atomic E-state index is 5.16. The molecule has 0 aliphatic heterocycles. The molecule has 0 radical (unpaired) electrons. The van der Waals surface area contributed by atoms with Crippen LogP contribution in [0.25, 0.3) is 0 Å². The van der Waals surface area contributed by atoms with Gasteiger partial charge in [0, 0.05) is 12.5 Å². The summed E-state index contributed by atoms with van der Waals surface area (Å²) in [6.07, 6.45) is 3.13. The topological polar surface area (TPSA) is 51.0 Å². The Bertz CT molecular complexity index is 517. The van der Waals surface area contributed by atoms with Crippen molar-refractivity contribution < 1.29 is 4.52 Å². The molecule has 1 aliphatic carbocycles. The first-order valence-electron chi connectivity index (χ1n) is 5.95. The SMILES string of the molecule is Cc1ccccc1Cc1noc(NC2CC2)n1. The van der Waals surface area contributed by atoms with Gasteiger partial charge in [0.25, 0.3) is 0 Å². The molecule has 3 rings (SSSR count). The minimum Gasteiger partial charge on any atom is -0.335 e. The number of benzene rings is 1. The molecule has 4 heteroatoms. The molecule has 0 saturated heterocycles. The van der Waals surface area contributed by atoms with Gasteiger partial charge in [-0.1, -0.05) is 29.4 Å². The van der Waals surface area contributed by atoms with Crippen LogP contribution in [0.1, 0.15) is 29.8 Å². The van der Waals surface area contributed by atoms with E-state index >= 15 is 0 Å². The highest BCUT2D eigenvalue weighted by molar-refractivity contribution is 5.30. The van der Waals surface area contributed by atoms with Crippen LogP contribution in [-0.2, 0) is 6.42 Å². The van der Waals surface area contributed by atoms with Crippen molar-refractivity contribution in [3.63, 3.8) is 0 Å². The molecule has 0 atom stereocenters. The fourth-order valence-corrected chi connectivity index (χ4v) is 1.77. The Morgan fingerprint density at radius 3 is 2.94 bits per heavy atom. The van der Waals surface area contributed by atoms with Crippen molar-refractivity contribution in [3.05, 3.63) is 41.2 Å². The van der Waals surface area contributed by atoms with Crippen molar-refractivity contribution >= 4 is 6.01 Å². The van der Waals surface area contributed by atoms with E-state index in [1.165, 1.54) is 24.0 Å². The Morgan fingerprint density at radius 1 is 1.35 bits per heavy atom. The van der Waals surface area contributed by atoms with Crippen LogP contribution in [-0.4, -0.2) is 16.2 Å². The fourth-order valence-electron chi connectivity index (χ4n) is 1.77. The first-order valence-corrected chi connectivity index (χ1v) is 5.95. The Labute approximate surface area is 100 Å². The molecule has 88 valence electrons. The predicted molar refractivity (Wildman–Crippen MR) is 64.9 cm³/mol. The lowest BCUT2D eigenvalue weighted by atomic mass is 10.1. The average molecular weight is 229 g/mol. The molecule has 0 spiro atoms. The smallest absolute Gasteiger partial charge is 0.321 e. The Morgan fingerprint density at radius 2 is 2.18 bits per heavy atom. The zero-order valence-electron chi connectivity index (χ0n) is 9.81. The molecule has 0 amide bonds. The second-order valence-corrected chi connectivity index (χ2v) is 4.54. The Hall–Kier alpha value is -1.84. The highest BCUT2D eigenvalue weighted by atomic mass is 16.5. The van der Waals surface area contributed by atoms with Gasteiger partial charge in [0.2, 0.25) is 0 Å². The maximum atomic E-state index is 5.16. The first kappa shape index (κ1) is 10.3. The number of hydrogen-bond acceptors (Lipinski definition) is 4. The summed E-state index contributed by atoms with van der Waals surface area (Å²) in [5.41, 5.74) is 2.50. The van der Waals surface area contributed by atoms with Gasteiger partial charge in [0.15, 0.2) is 5.82 Å². The lowest BCUT2D eigenvalue weighted by Gasteiger charge is -2.00. The normalized spacial score (nSPS) is 14.9. The molecule has 17 heavy (non-hydrogen) atoms. The largest absolute Gasteiger partial charge is 0.335 e. The number of anilines is 1. The first-order chi connectivity index (χ1) is 8.31. The molecule has 1 N–H and O–H groups in total. The van der Waals surface area contributed by atoms with E-state index in [1.54, 1.807) is 0 Å². The molecule has 2 aromatic rings. The van der Waals surface area contributed by atoms with Gasteiger partial charge >= 0.3 is 6.01 Å². The molecule has 0 bridgehead atoms. The zero-order valence-corrected chi connectivity index (χ0v) is 9.81. The third kappa shape index (κ3) is 2.46. The van der Waals surface area contributed by atoms with Gasteiger partial charge in [-0.2, -0.15) is 4.98 Å². The van der Waals surface area contributed by atoms with Gasteiger partial charge < -0.3 is 9.84 Å². The average Bonchev–Trinajstić information content (AvgIpc) is 3.02. The van der Waals surface area contributed by atoms with Gasteiger partial charge in [-0.3, -0.25) is 0 Å². The summed E-state index contributed by atoms with van der Waals surface area (Å²) < 4.78 is 5.16. The van der Waals surface area contributed by atoms with E-state index in [2.05, 4.69) is 34.5 Å². The van der Waals surface area contributed by atoms with Crippen LogP contribution in [0.15, 0.2) is 28.8 Å². The zero-order chi connectivity index (χ0) is 11.7. The summed E-state index contributed by atoms with van der Waals surface area (Å²) in [5, 5.41) is 7.18. The molecule has 1 fully saturated rings. The standard InChI is InChI=1S/C13H15N3O/c1-9-4-2-3-5-10(9)8-12-15-13(17-16-12)14-11-6-7-11/h2-5,11H,6-8H2,1H3,(H,14,15,16). The predicted octanol–water partition coefficient (Wildman–Crippen LogP) is 2.54. The van der Waals surface area contributed by atoms with Gasteiger partial charge in [0.1, 0.15) is 0 Å². The van der Waals surface area contributed by atoms with E-state index in [9.17, 15) is 0 Å². The quantitative estimate of drug-likeness (QED) is 0.875. The van der Waals surface area contributed by atoms with E-state index in [0.717, 1.165) is 12.2 Å². The van der Waals surface area contributed by atoms with Crippen molar-refractivity contribution in [3.8, 4) is 0 Å². The van der Waals surface area contributed by atoms with Crippen LogP contribution in [0, 0.1) is 6.92 Å². The minimum absolute atomic E-state index is 0.543. The van der Waals surface area contributed by atoms with Crippen LogP contribution in [0.5, 0.6) is 0 Å². The minimum atomic E-state index is 0.543. The summed E-state index contributed by atoms with van der Waals surface area (Å²) in [5.74, 6) is 0.738. The summed E-state index contributed by atoms with van der Waals surface area (Å²) in [6, 6.07) is 9.36. The molecule has 0 unspecified atom stereocenters. The van der Waals surface area contributed by atoms with Gasteiger partial charge in [-0.05, 0) is 30.9 Å². The molecule has 1 heterocycles. The molecule has 4 nitrogen and oxygen atoms in total.